The maximum atomic E-state index is 11.1. The molecule has 1 saturated heterocycles. The number of likely N-dealkylation sites (tertiary alicyclic amines) is 1. The van der Waals surface area contributed by atoms with Gasteiger partial charge in [0.25, 0.3) is 0 Å². The number of piperidine rings is 1. The second kappa shape index (κ2) is 3.57. The van der Waals surface area contributed by atoms with E-state index < -0.39 is 0 Å². The normalized spacial score (nSPS) is 24.9. The second-order valence-electron chi connectivity index (χ2n) is 2.90. The molecule has 11 heavy (non-hydrogen) atoms. The fourth-order valence-corrected chi connectivity index (χ4v) is 1.35. The summed E-state index contributed by atoms with van der Waals surface area (Å²) in [5.74, 6) is 0. The molecule has 4 heteroatoms. The molecule has 0 radical (unpaired) electrons. The van der Waals surface area contributed by atoms with Crippen LogP contribution in [-0.4, -0.2) is 37.1 Å². The Morgan fingerprint density at radius 2 is 2.45 bits per heavy atom. The summed E-state index contributed by atoms with van der Waals surface area (Å²) in [5.41, 5.74) is 5.70. The Bertz CT molecular complexity index is 149. The smallest absolute Gasteiger partial charge is 0.317 e. The molecule has 1 aliphatic heterocycles. The molecule has 0 aromatic carbocycles. The van der Waals surface area contributed by atoms with Gasteiger partial charge in [-0.3, -0.25) is 0 Å². The monoisotopic (exact) mass is 157 g/mol. The molecule has 64 valence electrons. The second-order valence-corrected chi connectivity index (χ2v) is 2.90. The molecule has 0 aromatic rings. The first kappa shape index (κ1) is 8.33. The van der Waals surface area contributed by atoms with Crippen molar-refractivity contribution in [3.63, 3.8) is 0 Å². The molecule has 0 spiro atoms. The summed E-state index contributed by atoms with van der Waals surface area (Å²) in [5, 5.41) is 2.59. The van der Waals surface area contributed by atoms with E-state index in [0.29, 0.717) is 6.54 Å². The Hall–Kier alpha value is -0.770. The first-order valence-corrected chi connectivity index (χ1v) is 3.96. The van der Waals surface area contributed by atoms with Gasteiger partial charge in [-0.1, -0.05) is 0 Å². The number of nitrogens with zero attached hydrogens (tertiary/aromatic N) is 1. The summed E-state index contributed by atoms with van der Waals surface area (Å²) in [6.45, 7) is 1.53. The molecule has 0 unspecified atom stereocenters. The van der Waals surface area contributed by atoms with Gasteiger partial charge in [0, 0.05) is 26.2 Å². The van der Waals surface area contributed by atoms with Gasteiger partial charge in [0.15, 0.2) is 0 Å². The standard InChI is InChI=1S/C7H15N3O/c1-9-7(11)10-4-2-3-6(8)5-10/h6H,2-5,8H2,1H3,(H,9,11)/t6-/m0/s1. The van der Waals surface area contributed by atoms with E-state index in [-0.39, 0.29) is 12.1 Å². The van der Waals surface area contributed by atoms with Crippen LogP contribution >= 0.6 is 0 Å². The number of hydrogen-bond acceptors (Lipinski definition) is 2. The number of rotatable bonds is 0. The van der Waals surface area contributed by atoms with Crippen LogP contribution < -0.4 is 11.1 Å². The number of nitrogens with one attached hydrogen (secondary N) is 1. The van der Waals surface area contributed by atoms with Crippen LogP contribution in [0.5, 0.6) is 0 Å². The van der Waals surface area contributed by atoms with Crippen LogP contribution in [0.3, 0.4) is 0 Å². The highest BCUT2D eigenvalue weighted by atomic mass is 16.2. The molecule has 1 heterocycles. The highest BCUT2D eigenvalue weighted by Gasteiger charge is 2.19. The Balaban J connectivity index is 2.39. The van der Waals surface area contributed by atoms with Gasteiger partial charge in [0.2, 0.25) is 0 Å². The van der Waals surface area contributed by atoms with Crippen molar-refractivity contribution >= 4 is 6.03 Å². The number of amides is 2. The lowest BCUT2D eigenvalue weighted by Gasteiger charge is -2.30. The fourth-order valence-electron chi connectivity index (χ4n) is 1.35. The third-order valence-electron chi connectivity index (χ3n) is 1.96. The van der Waals surface area contributed by atoms with Gasteiger partial charge < -0.3 is 16.0 Å². The molecule has 1 aliphatic rings. The van der Waals surface area contributed by atoms with Gasteiger partial charge >= 0.3 is 6.03 Å². The van der Waals surface area contributed by atoms with E-state index in [1.165, 1.54) is 0 Å². The van der Waals surface area contributed by atoms with E-state index in [1.54, 1.807) is 11.9 Å². The third kappa shape index (κ3) is 2.08. The molecule has 3 N–H and O–H groups in total. The minimum absolute atomic E-state index is 0.0137. The highest BCUT2D eigenvalue weighted by Crippen LogP contribution is 2.07. The van der Waals surface area contributed by atoms with E-state index in [1.807, 2.05) is 0 Å². The van der Waals surface area contributed by atoms with Crippen LogP contribution in [0.25, 0.3) is 0 Å². The first-order valence-electron chi connectivity index (χ1n) is 3.96. The molecule has 1 fully saturated rings. The molecule has 4 nitrogen and oxygen atoms in total. The highest BCUT2D eigenvalue weighted by molar-refractivity contribution is 5.73. The van der Waals surface area contributed by atoms with Crippen molar-refractivity contribution in [2.45, 2.75) is 18.9 Å². The van der Waals surface area contributed by atoms with Crippen molar-refractivity contribution in [1.29, 1.82) is 0 Å². The van der Waals surface area contributed by atoms with Crippen LogP contribution in [0.15, 0.2) is 0 Å². The first-order chi connectivity index (χ1) is 5.24. The Morgan fingerprint density at radius 3 is 3.00 bits per heavy atom. The quantitative estimate of drug-likeness (QED) is 0.509. The summed E-state index contributed by atoms with van der Waals surface area (Å²) < 4.78 is 0. The van der Waals surface area contributed by atoms with Gasteiger partial charge in [-0.2, -0.15) is 0 Å². The van der Waals surface area contributed by atoms with Crippen LogP contribution in [0, 0.1) is 0 Å². The van der Waals surface area contributed by atoms with Crippen molar-refractivity contribution in [2.24, 2.45) is 5.73 Å². The number of urea groups is 1. The van der Waals surface area contributed by atoms with Gasteiger partial charge in [0.05, 0.1) is 0 Å². The molecule has 0 bridgehead atoms. The lowest BCUT2D eigenvalue weighted by Crippen LogP contribution is -2.48. The minimum atomic E-state index is -0.0137. The van der Waals surface area contributed by atoms with Crippen molar-refractivity contribution in [2.75, 3.05) is 20.1 Å². The van der Waals surface area contributed by atoms with E-state index in [0.717, 1.165) is 19.4 Å². The largest absolute Gasteiger partial charge is 0.341 e. The van der Waals surface area contributed by atoms with E-state index >= 15 is 0 Å². The zero-order valence-corrected chi connectivity index (χ0v) is 6.84. The maximum absolute atomic E-state index is 11.1. The van der Waals surface area contributed by atoms with Gasteiger partial charge in [-0.15, -0.1) is 0 Å². The van der Waals surface area contributed by atoms with Gasteiger partial charge in [-0.25, -0.2) is 4.79 Å². The summed E-state index contributed by atoms with van der Waals surface area (Å²) in [6, 6.07) is 0.154. The topological polar surface area (TPSA) is 58.4 Å². The maximum Gasteiger partial charge on any atom is 0.317 e. The fraction of sp³-hybridized carbons (Fsp3) is 0.857. The summed E-state index contributed by atoms with van der Waals surface area (Å²) in [7, 11) is 1.64. The zero-order chi connectivity index (χ0) is 8.27. The van der Waals surface area contributed by atoms with Crippen molar-refractivity contribution in [3.8, 4) is 0 Å². The Labute approximate surface area is 66.7 Å². The third-order valence-corrected chi connectivity index (χ3v) is 1.96. The average Bonchev–Trinajstić information content (AvgIpc) is 2.03. The van der Waals surface area contributed by atoms with E-state index in [2.05, 4.69) is 5.32 Å². The van der Waals surface area contributed by atoms with Crippen LogP contribution in [0.1, 0.15) is 12.8 Å². The van der Waals surface area contributed by atoms with Gasteiger partial charge in [-0.05, 0) is 12.8 Å². The molecule has 1 rings (SSSR count). The lowest BCUT2D eigenvalue weighted by atomic mass is 10.1. The van der Waals surface area contributed by atoms with Crippen LogP contribution in [-0.2, 0) is 0 Å². The minimum Gasteiger partial charge on any atom is -0.341 e. The average molecular weight is 157 g/mol. The van der Waals surface area contributed by atoms with Crippen LogP contribution in [0.2, 0.25) is 0 Å². The lowest BCUT2D eigenvalue weighted by molar-refractivity contribution is 0.182. The number of nitrogens with two attached hydrogens (primary N) is 1. The summed E-state index contributed by atoms with van der Waals surface area (Å²) >= 11 is 0. The summed E-state index contributed by atoms with van der Waals surface area (Å²) in [6.07, 6.45) is 2.06. The van der Waals surface area contributed by atoms with Crippen molar-refractivity contribution in [3.05, 3.63) is 0 Å². The van der Waals surface area contributed by atoms with E-state index in [9.17, 15) is 4.79 Å². The Morgan fingerprint density at radius 1 is 1.73 bits per heavy atom. The molecule has 2 amide bonds. The molecular weight excluding hydrogens is 142 g/mol. The number of carbonyl (C=O) groups is 1. The Kier molecular flexibility index (Phi) is 2.70. The van der Waals surface area contributed by atoms with Crippen molar-refractivity contribution < 1.29 is 4.79 Å². The molecule has 0 aromatic heterocycles. The number of hydrogen-bond donors (Lipinski definition) is 2. The molecule has 0 aliphatic carbocycles. The summed E-state index contributed by atoms with van der Waals surface area (Å²) in [4.78, 5) is 12.8. The van der Waals surface area contributed by atoms with E-state index in [4.69, 9.17) is 5.73 Å². The van der Waals surface area contributed by atoms with Crippen LogP contribution in [0.4, 0.5) is 4.79 Å². The van der Waals surface area contributed by atoms with Gasteiger partial charge in [0.1, 0.15) is 0 Å². The molecular formula is C7H15N3O. The van der Waals surface area contributed by atoms with Crippen molar-refractivity contribution in [1.82, 2.24) is 10.2 Å². The molecule has 0 saturated carbocycles. The predicted octanol–water partition coefficient (Wildman–Crippen LogP) is -0.251. The SMILES string of the molecule is CNC(=O)N1CCC[C@H](N)C1. The number of carbonyl (C=O) groups excluding carboxylic acids is 1. The zero-order valence-electron chi connectivity index (χ0n) is 6.84. The predicted molar refractivity (Wildman–Crippen MR) is 43.2 cm³/mol. The molecule has 1 atom stereocenters.